The molecule has 0 radical (unpaired) electrons. The van der Waals surface area contributed by atoms with Crippen molar-refractivity contribution in [1.29, 1.82) is 0 Å². The molecule has 0 atom stereocenters. The minimum absolute atomic E-state index is 0.0936. The highest BCUT2D eigenvalue weighted by atomic mass is 19.1. The van der Waals surface area contributed by atoms with Gasteiger partial charge in [-0.3, -0.25) is 9.79 Å². The van der Waals surface area contributed by atoms with Gasteiger partial charge < -0.3 is 5.32 Å². The lowest BCUT2D eigenvalue weighted by molar-refractivity contribution is -0.114. The van der Waals surface area contributed by atoms with Crippen LogP contribution in [0, 0.1) is 5.82 Å². The number of carbonyl (C=O) groups excluding carboxylic acids is 1. The Morgan fingerprint density at radius 1 is 1.46 bits per heavy atom. The molecule has 0 fully saturated rings. The van der Waals surface area contributed by atoms with Gasteiger partial charge in [0.05, 0.1) is 0 Å². The molecule has 1 heterocycles. The van der Waals surface area contributed by atoms with E-state index in [1.807, 2.05) is 0 Å². The summed E-state index contributed by atoms with van der Waals surface area (Å²) in [5, 5.41) is 2.62. The number of halogens is 1. The lowest BCUT2D eigenvalue weighted by Gasteiger charge is -2.03. The Balaban J connectivity index is 2.49. The van der Waals surface area contributed by atoms with E-state index in [4.69, 9.17) is 0 Å². The van der Waals surface area contributed by atoms with Crippen LogP contribution in [0.4, 0.5) is 10.1 Å². The third kappa shape index (κ3) is 1.56. The highest BCUT2D eigenvalue weighted by molar-refractivity contribution is 6.01. The van der Waals surface area contributed by atoms with Gasteiger partial charge in [0.2, 0.25) is 5.91 Å². The zero-order valence-electron chi connectivity index (χ0n) is 6.75. The Hall–Kier alpha value is -1.71. The van der Waals surface area contributed by atoms with E-state index < -0.39 is 0 Å². The Morgan fingerprint density at radius 3 is 3.15 bits per heavy atom. The topological polar surface area (TPSA) is 41.5 Å². The van der Waals surface area contributed by atoms with Gasteiger partial charge in [0.15, 0.2) is 0 Å². The number of rotatable bonds is 0. The molecule has 1 N–H and O–H groups in total. The van der Waals surface area contributed by atoms with Crippen molar-refractivity contribution in [2.45, 2.75) is 0 Å². The van der Waals surface area contributed by atoms with E-state index in [9.17, 15) is 9.18 Å². The number of hydrogen-bond acceptors (Lipinski definition) is 2. The van der Waals surface area contributed by atoms with Gasteiger partial charge in [-0.25, -0.2) is 4.39 Å². The molecule has 0 unspecified atom stereocenters. The van der Waals surface area contributed by atoms with Crippen LogP contribution in [0.15, 0.2) is 23.2 Å². The van der Waals surface area contributed by atoms with Gasteiger partial charge in [0.25, 0.3) is 0 Å². The first-order valence-electron chi connectivity index (χ1n) is 3.85. The summed E-state index contributed by atoms with van der Waals surface area (Å²) >= 11 is 0. The molecule has 1 aliphatic rings. The second-order valence-corrected chi connectivity index (χ2v) is 2.75. The number of benzene rings is 1. The Labute approximate surface area is 74.3 Å². The van der Waals surface area contributed by atoms with Crippen LogP contribution >= 0.6 is 0 Å². The highest BCUT2D eigenvalue weighted by Gasteiger charge is 2.09. The van der Waals surface area contributed by atoms with Gasteiger partial charge in [-0.15, -0.1) is 0 Å². The first-order valence-corrected chi connectivity index (χ1v) is 3.85. The van der Waals surface area contributed by atoms with Crippen LogP contribution in [0.1, 0.15) is 5.56 Å². The zero-order valence-corrected chi connectivity index (χ0v) is 6.75. The molecule has 66 valence electrons. The van der Waals surface area contributed by atoms with Crippen LogP contribution in [0.3, 0.4) is 0 Å². The first-order chi connectivity index (χ1) is 6.25. The molecule has 3 nitrogen and oxygen atoms in total. The van der Waals surface area contributed by atoms with E-state index in [2.05, 4.69) is 10.3 Å². The lowest BCUT2D eigenvalue weighted by atomic mass is 10.2. The zero-order chi connectivity index (χ0) is 9.26. The summed E-state index contributed by atoms with van der Waals surface area (Å²) in [5.74, 6) is -0.511. The number of anilines is 1. The summed E-state index contributed by atoms with van der Waals surface area (Å²) in [6.07, 6.45) is 1.50. The van der Waals surface area contributed by atoms with Crippen molar-refractivity contribution in [2.24, 2.45) is 4.99 Å². The largest absolute Gasteiger partial charge is 0.324 e. The molecule has 0 bridgehead atoms. The molecule has 1 aliphatic heterocycles. The number of amides is 1. The fourth-order valence-corrected chi connectivity index (χ4v) is 1.17. The van der Waals surface area contributed by atoms with E-state index in [0.29, 0.717) is 11.3 Å². The van der Waals surface area contributed by atoms with Gasteiger partial charge in [-0.05, 0) is 18.2 Å². The molecular formula is C9H7FN2O. The van der Waals surface area contributed by atoms with Gasteiger partial charge >= 0.3 is 0 Å². The molecule has 0 aliphatic carbocycles. The maximum Gasteiger partial charge on any atom is 0.246 e. The predicted octanol–water partition coefficient (Wildman–Crippen LogP) is 1.20. The molecule has 4 heteroatoms. The van der Waals surface area contributed by atoms with Crippen molar-refractivity contribution in [1.82, 2.24) is 0 Å². The summed E-state index contributed by atoms with van der Waals surface area (Å²) in [6.45, 7) is 0.0936. The normalized spacial score (nSPS) is 14.7. The predicted molar refractivity (Wildman–Crippen MR) is 47.5 cm³/mol. The second kappa shape index (κ2) is 2.97. The van der Waals surface area contributed by atoms with Gasteiger partial charge in [0, 0.05) is 17.5 Å². The fraction of sp³-hybridized carbons (Fsp3) is 0.111. The van der Waals surface area contributed by atoms with Gasteiger partial charge in [0.1, 0.15) is 12.4 Å². The quantitative estimate of drug-likeness (QED) is 0.637. The van der Waals surface area contributed by atoms with Crippen molar-refractivity contribution in [3.63, 3.8) is 0 Å². The van der Waals surface area contributed by atoms with E-state index in [0.717, 1.165) is 0 Å². The SMILES string of the molecule is O=C1CN=Cc2cc(F)ccc2N1. The molecule has 13 heavy (non-hydrogen) atoms. The number of fused-ring (bicyclic) bond motifs is 1. The number of carbonyl (C=O) groups is 1. The molecule has 2 rings (SSSR count). The molecule has 0 saturated carbocycles. The summed E-state index contributed by atoms with van der Waals surface area (Å²) in [5.41, 5.74) is 1.21. The fourth-order valence-electron chi connectivity index (χ4n) is 1.17. The average molecular weight is 178 g/mol. The summed E-state index contributed by atoms with van der Waals surface area (Å²) < 4.78 is 12.8. The maximum absolute atomic E-state index is 12.8. The minimum Gasteiger partial charge on any atom is -0.324 e. The summed E-state index contributed by atoms with van der Waals surface area (Å²) in [7, 11) is 0. The van der Waals surface area contributed by atoms with Crippen LogP contribution in [0.25, 0.3) is 0 Å². The number of nitrogens with one attached hydrogen (secondary N) is 1. The molecule has 0 saturated heterocycles. The van der Waals surface area contributed by atoms with Crippen LogP contribution in [0.5, 0.6) is 0 Å². The van der Waals surface area contributed by atoms with Crippen molar-refractivity contribution in [3.05, 3.63) is 29.6 Å². The third-order valence-corrected chi connectivity index (χ3v) is 1.75. The van der Waals surface area contributed by atoms with Gasteiger partial charge in [-0.1, -0.05) is 0 Å². The molecular weight excluding hydrogens is 171 g/mol. The lowest BCUT2D eigenvalue weighted by Crippen LogP contribution is -2.13. The molecule has 0 spiro atoms. The minimum atomic E-state index is -0.332. The van der Waals surface area contributed by atoms with Crippen LogP contribution in [0.2, 0.25) is 0 Å². The molecule has 1 aromatic carbocycles. The Kier molecular flexibility index (Phi) is 1.81. The van der Waals surface area contributed by atoms with Crippen LogP contribution < -0.4 is 5.32 Å². The first kappa shape index (κ1) is 7.91. The maximum atomic E-state index is 12.8. The average Bonchev–Trinajstić information content (AvgIpc) is 2.25. The van der Waals surface area contributed by atoms with E-state index in [1.54, 1.807) is 0 Å². The van der Waals surface area contributed by atoms with E-state index in [1.165, 1.54) is 24.4 Å². The van der Waals surface area contributed by atoms with E-state index in [-0.39, 0.29) is 18.3 Å². The summed E-state index contributed by atoms with van der Waals surface area (Å²) in [4.78, 5) is 14.8. The van der Waals surface area contributed by atoms with Crippen molar-refractivity contribution < 1.29 is 9.18 Å². The van der Waals surface area contributed by atoms with Crippen molar-refractivity contribution in [3.8, 4) is 0 Å². The highest BCUT2D eigenvalue weighted by Crippen LogP contribution is 2.16. The third-order valence-electron chi connectivity index (χ3n) is 1.75. The Morgan fingerprint density at radius 2 is 2.31 bits per heavy atom. The monoisotopic (exact) mass is 178 g/mol. The van der Waals surface area contributed by atoms with Crippen molar-refractivity contribution >= 4 is 17.8 Å². The number of nitrogens with zero attached hydrogens (tertiary/aromatic N) is 1. The van der Waals surface area contributed by atoms with Crippen LogP contribution in [-0.2, 0) is 4.79 Å². The van der Waals surface area contributed by atoms with E-state index >= 15 is 0 Å². The molecule has 0 aromatic heterocycles. The Bertz CT molecular complexity index is 387. The summed E-state index contributed by atoms with van der Waals surface area (Å²) in [6, 6.07) is 4.17. The smallest absolute Gasteiger partial charge is 0.246 e. The number of benzodiazepines with no additional fused rings is 1. The molecule has 1 amide bonds. The van der Waals surface area contributed by atoms with Crippen LogP contribution in [-0.4, -0.2) is 18.7 Å². The molecule has 1 aromatic rings. The number of aliphatic imine (C=N–C) groups is 1. The van der Waals surface area contributed by atoms with Gasteiger partial charge in [-0.2, -0.15) is 0 Å². The number of hydrogen-bond donors (Lipinski definition) is 1. The standard InChI is InChI=1S/C9H7FN2O/c10-7-1-2-8-6(3-7)4-11-5-9(13)12-8/h1-4H,5H2,(H,12,13). The second-order valence-electron chi connectivity index (χ2n) is 2.75. The van der Waals surface area contributed by atoms with Crippen molar-refractivity contribution in [2.75, 3.05) is 11.9 Å².